The summed E-state index contributed by atoms with van der Waals surface area (Å²) < 4.78 is 5.62. The van der Waals surface area contributed by atoms with Crippen molar-refractivity contribution in [3.63, 3.8) is 0 Å². The van der Waals surface area contributed by atoms with Gasteiger partial charge in [-0.1, -0.05) is 6.92 Å². The monoisotopic (exact) mass is 227 g/mol. The highest BCUT2D eigenvalue weighted by molar-refractivity contribution is 4.77. The summed E-state index contributed by atoms with van der Waals surface area (Å²) in [5, 5.41) is 9.65. The van der Waals surface area contributed by atoms with Crippen LogP contribution in [0.5, 0.6) is 0 Å². The lowest BCUT2D eigenvalue weighted by Gasteiger charge is -2.34. The van der Waals surface area contributed by atoms with Gasteiger partial charge in [0, 0.05) is 19.7 Å². The second-order valence-electron chi connectivity index (χ2n) is 5.41. The molecule has 2 aliphatic rings. The van der Waals surface area contributed by atoms with Gasteiger partial charge < -0.3 is 14.7 Å². The van der Waals surface area contributed by atoms with Gasteiger partial charge in [0.25, 0.3) is 0 Å². The van der Waals surface area contributed by atoms with Crippen LogP contribution in [0.2, 0.25) is 0 Å². The Morgan fingerprint density at radius 3 is 2.94 bits per heavy atom. The predicted molar refractivity (Wildman–Crippen MR) is 64.4 cm³/mol. The SMILES string of the molecule is CC1CN(CCCC2CCCO2)CCC1O. The van der Waals surface area contributed by atoms with E-state index >= 15 is 0 Å². The van der Waals surface area contributed by atoms with E-state index in [4.69, 9.17) is 4.74 Å². The molecule has 0 aliphatic carbocycles. The highest BCUT2D eigenvalue weighted by atomic mass is 16.5. The third-order valence-corrected chi connectivity index (χ3v) is 3.97. The predicted octanol–water partition coefficient (Wildman–Crippen LogP) is 1.65. The zero-order valence-electron chi connectivity index (χ0n) is 10.4. The smallest absolute Gasteiger partial charge is 0.0590 e. The third-order valence-electron chi connectivity index (χ3n) is 3.97. The van der Waals surface area contributed by atoms with Crippen molar-refractivity contribution in [2.45, 2.75) is 51.2 Å². The van der Waals surface area contributed by atoms with Crippen LogP contribution in [0, 0.1) is 5.92 Å². The molecule has 0 saturated carbocycles. The summed E-state index contributed by atoms with van der Waals surface area (Å²) in [7, 11) is 0. The molecule has 0 bridgehead atoms. The van der Waals surface area contributed by atoms with Gasteiger partial charge in [0.15, 0.2) is 0 Å². The highest BCUT2D eigenvalue weighted by Gasteiger charge is 2.24. The molecule has 2 rings (SSSR count). The number of piperidine rings is 1. The third kappa shape index (κ3) is 3.44. The maximum Gasteiger partial charge on any atom is 0.0590 e. The molecule has 2 saturated heterocycles. The van der Waals surface area contributed by atoms with Crippen LogP contribution in [0.4, 0.5) is 0 Å². The lowest BCUT2D eigenvalue weighted by atomic mass is 9.96. The molecule has 3 atom stereocenters. The van der Waals surface area contributed by atoms with E-state index in [2.05, 4.69) is 11.8 Å². The van der Waals surface area contributed by atoms with Gasteiger partial charge in [-0.3, -0.25) is 0 Å². The van der Waals surface area contributed by atoms with E-state index in [-0.39, 0.29) is 6.10 Å². The number of hydrogen-bond acceptors (Lipinski definition) is 3. The van der Waals surface area contributed by atoms with Gasteiger partial charge in [-0.2, -0.15) is 0 Å². The average Bonchev–Trinajstić information content (AvgIpc) is 2.76. The second-order valence-corrected chi connectivity index (χ2v) is 5.41. The molecule has 2 heterocycles. The van der Waals surface area contributed by atoms with Gasteiger partial charge in [-0.05, 0) is 44.6 Å². The van der Waals surface area contributed by atoms with E-state index in [1.54, 1.807) is 0 Å². The number of nitrogens with zero attached hydrogens (tertiary/aromatic N) is 1. The van der Waals surface area contributed by atoms with Crippen LogP contribution < -0.4 is 0 Å². The zero-order valence-corrected chi connectivity index (χ0v) is 10.4. The van der Waals surface area contributed by atoms with Gasteiger partial charge in [0.1, 0.15) is 0 Å². The fraction of sp³-hybridized carbons (Fsp3) is 1.00. The Bertz CT molecular complexity index is 204. The van der Waals surface area contributed by atoms with Crippen LogP contribution in [0.3, 0.4) is 0 Å². The summed E-state index contributed by atoms with van der Waals surface area (Å²) in [5.74, 6) is 0.441. The molecule has 2 aliphatic heterocycles. The minimum Gasteiger partial charge on any atom is -0.393 e. The molecule has 3 nitrogen and oxygen atoms in total. The molecular formula is C13H25NO2. The quantitative estimate of drug-likeness (QED) is 0.792. The van der Waals surface area contributed by atoms with E-state index in [1.165, 1.54) is 32.2 Å². The fourth-order valence-corrected chi connectivity index (χ4v) is 2.84. The van der Waals surface area contributed by atoms with Crippen molar-refractivity contribution in [3.8, 4) is 0 Å². The topological polar surface area (TPSA) is 32.7 Å². The molecule has 0 aromatic carbocycles. The van der Waals surface area contributed by atoms with Crippen LogP contribution >= 0.6 is 0 Å². The summed E-state index contributed by atoms with van der Waals surface area (Å²) in [5.41, 5.74) is 0. The zero-order chi connectivity index (χ0) is 11.4. The first-order chi connectivity index (χ1) is 7.75. The second kappa shape index (κ2) is 5.99. The Morgan fingerprint density at radius 1 is 1.38 bits per heavy atom. The molecule has 1 N–H and O–H groups in total. The Kier molecular flexibility index (Phi) is 4.62. The van der Waals surface area contributed by atoms with E-state index in [0.29, 0.717) is 12.0 Å². The lowest BCUT2D eigenvalue weighted by molar-refractivity contribution is 0.0319. The molecule has 0 amide bonds. The number of aliphatic hydroxyl groups excluding tert-OH is 1. The normalized spacial score (nSPS) is 36.8. The van der Waals surface area contributed by atoms with Crippen molar-refractivity contribution in [2.24, 2.45) is 5.92 Å². The molecule has 0 aromatic heterocycles. The van der Waals surface area contributed by atoms with Crippen LogP contribution in [0.1, 0.15) is 39.0 Å². The maximum atomic E-state index is 9.65. The van der Waals surface area contributed by atoms with Crippen molar-refractivity contribution in [2.75, 3.05) is 26.2 Å². The van der Waals surface area contributed by atoms with Crippen molar-refractivity contribution in [3.05, 3.63) is 0 Å². The maximum absolute atomic E-state index is 9.65. The number of ether oxygens (including phenoxy) is 1. The summed E-state index contributed by atoms with van der Waals surface area (Å²) in [6.45, 7) is 6.43. The first-order valence-corrected chi connectivity index (χ1v) is 6.77. The Balaban J connectivity index is 1.59. The Morgan fingerprint density at radius 2 is 2.25 bits per heavy atom. The molecule has 0 radical (unpaired) electrons. The van der Waals surface area contributed by atoms with Crippen molar-refractivity contribution >= 4 is 0 Å². The van der Waals surface area contributed by atoms with Gasteiger partial charge in [-0.15, -0.1) is 0 Å². The van der Waals surface area contributed by atoms with E-state index in [9.17, 15) is 5.11 Å². The molecule has 3 heteroatoms. The summed E-state index contributed by atoms with van der Waals surface area (Å²) in [6, 6.07) is 0. The van der Waals surface area contributed by atoms with Crippen LogP contribution in [-0.4, -0.2) is 48.5 Å². The van der Waals surface area contributed by atoms with Crippen LogP contribution in [0.15, 0.2) is 0 Å². The molecule has 3 unspecified atom stereocenters. The van der Waals surface area contributed by atoms with Crippen molar-refractivity contribution in [1.29, 1.82) is 0 Å². The summed E-state index contributed by atoms with van der Waals surface area (Å²) in [4.78, 5) is 2.49. The Hall–Kier alpha value is -0.120. The number of hydrogen-bond donors (Lipinski definition) is 1. The van der Waals surface area contributed by atoms with Crippen LogP contribution in [-0.2, 0) is 4.74 Å². The van der Waals surface area contributed by atoms with E-state index < -0.39 is 0 Å². The average molecular weight is 227 g/mol. The van der Waals surface area contributed by atoms with Gasteiger partial charge >= 0.3 is 0 Å². The van der Waals surface area contributed by atoms with E-state index in [0.717, 1.165) is 26.1 Å². The van der Waals surface area contributed by atoms with Crippen molar-refractivity contribution < 1.29 is 9.84 Å². The summed E-state index contributed by atoms with van der Waals surface area (Å²) >= 11 is 0. The molecule has 2 fully saturated rings. The van der Waals surface area contributed by atoms with Crippen LogP contribution in [0.25, 0.3) is 0 Å². The number of rotatable bonds is 4. The van der Waals surface area contributed by atoms with E-state index in [1.807, 2.05) is 0 Å². The fourth-order valence-electron chi connectivity index (χ4n) is 2.84. The number of likely N-dealkylation sites (tertiary alicyclic amines) is 1. The standard InChI is InChI=1S/C13H25NO2/c1-11-10-14(8-6-13(11)15)7-2-4-12-5-3-9-16-12/h11-13,15H,2-10H2,1H3. The number of aliphatic hydroxyl groups is 1. The molecule has 94 valence electrons. The highest BCUT2D eigenvalue weighted by Crippen LogP contribution is 2.19. The molecule has 0 spiro atoms. The minimum absolute atomic E-state index is 0.0746. The van der Waals surface area contributed by atoms with Gasteiger partial charge in [0.05, 0.1) is 12.2 Å². The lowest BCUT2D eigenvalue weighted by Crippen LogP contribution is -2.42. The molecule has 0 aromatic rings. The first-order valence-electron chi connectivity index (χ1n) is 6.77. The molecular weight excluding hydrogens is 202 g/mol. The minimum atomic E-state index is -0.0746. The molecule has 16 heavy (non-hydrogen) atoms. The Labute approximate surface area is 98.8 Å². The largest absolute Gasteiger partial charge is 0.393 e. The van der Waals surface area contributed by atoms with Gasteiger partial charge in [0.2, 0.25) is 0 Å². The first kappa shape index (κ1) is 12.3. The summed E-state index contributed by atoms with van der Waals surface area (Å²) in [6.07, 6.45) is 6.37. The van der Waals surface area contributed by atoms with Gasteiger partial charge in [-0.25, -0.2) is 0 Å². The van der Waals surface area contributed by atoms with Crippen molar-refractivity contribution in [1.82, 2.24) is 4.90 Å².